The highest BCUT2D eigenvalue weighted by molar-refractivity contribution is 5.88. The van der Waals surface area contributed by atoms with E-state index in [2.05, 4.69) is 0 Å². The number of carbonyl (C=O) groups is 2. The number of hydrogen-bond donors (Lipinski definition) is 1. The molecular weight excluding hydrogens is 242 g/mol. The smallest absolute Gasteiger partial charge is 0.317 e. The summed E-state index contributed by atoms with van der Waals surface area (Å²) >= 11 is 0. The van der Waals surface area contributed by atoms with Crippen molar-refractivity contribution in [3.8, 4) is 0 Å². The summed E-state index contributed by atoms with van der Waals surface area (Å²) in [5.74, 6) is -0.635. The lowest BCUT2D eigenvalue weighted by atomic mass is 9.70. The zero-order valence-electron chi connectivity index (χ0n) is 11.1. The molecule has 1 aliphatic rings. The van der Waals surface area contributed by atoms with E-state index in [1.54, 1.807) is 6.92 Å². The van der Waals surface area contributed by atoms with Gasteiger partial charge in [0.15, 0.2) is 0 Å². The van der Waals surface area contributed by atoms with Gasteiger partial charge in [-0.3, -0.25) is 14.5 Å². The Hall–Kier alpha value is -1.68. The maximum atomic E-state index is 12.1. The summed E-state index contributed by atoms with van der Waals surface area (Å²) in [6.07, 6.45) is 1.39. The van der Waals surface area contributed by atoms with Crippen molar-refractivity contribution in [1.82, 2.24) is 4.90 Å². The van der Waals surface area contributed by atoms with Crippen molar-refractivity contribution in [2.75, 3.05) is 19.6 Å². The van der Waals surface area contributed by atoms with Crippen molar-refractivity contribution in [3.05, 3.63) is 35.9 Å². The van der Waals surface area contributed by atoms with Gasteiger partial charge in [0.2, 0.25) is 0 Å². The summed E-state index contributed by atoms with van der Waals surface area (Å²) in [5, 5.41) is 8.81. The number of carbonyl (C=O) groups excluding carboxylic acids is 1. The van der Waals surface area contributed by atoms with E-state index in [9.17, 15) is 9.59 Å². The van der Waals surface area contributed by atoms with E-state index in [0.717, 1.165) is 5.56 Å². The van der Waals surface area contributed by atoms with Crippen molar-refractivity contribution in [1.29, 1.82) is 0 Å². The second-order valence-electron chi connectivity index (χ2n) is 5.17. The van der Waals surface area contributed by atoms with Crippen LogP contribution in [0.5, 0.6) is 0 Å². The Morgan fingerprint density at radius 1 is 1.21 bits per heavy atom. The molecule has 0 aromatic heterocycles. The Kier molecular flexibility index (Phi) is 4.00. The molecule has 0 aliphatic carbocycles. The minimum absolute atomic E-state index is 0.0583. The topological polar surface area (TPSA) is 57.6 Å². The molecule has 0 radical (unpaired) electrons. The normalized spacial score (nSPS) is 19.0. The highest BCUT2D eigenvalue weighted by Crippen LogP contribution is 2.36. The maximum Gasteiger partial charge on any atom is 0.317 e. The van der Waals surface area contributed by atoms with Crippen LogP contribution in [0.2, 0.25) is 0 Å². The second-order valence-corrected chi connectivity index (χ2v) is 5.17. The van der Waals surface area contributed by atoms with Crippen LogP contribution in [0.4, 0.5) is 0 Å². The Morgan fingerprint density at radius 3 is 2.26 bits per heavy atom. The Morgan fingerprint density at radius 2 is 1.79 bits per heavy atom. The highest BCUT2D eigenvalue weighted by atomic mass is 16.4. The molecule has 1 saturated heterocycles. The lowest BCUT2D eigenvalue weighted by Gasteiger charge is -2.40. The third-order valence-corrected chi connectivity index (χ3v) is 4.07. The van der Waals surface area contributed by atoms with Gasteiger partial charge in [-0.05, 0) is 25.3 Å². The van der Waals surface area contributed by atoms with Crippen LogP contribution in [0, 0.1) is 0 Å². The van der Waals surface area contributed by atoms with Gasteiger partial charge in [-0.15, -0.1) is 0 Å². The summed E-state index contributed by atoms with van der Waals surface area (Å²) in [6.45, 7) is 3.00. The first-order valence-electron chi connectivity index (χ1n) is 6.55. The lowest BCUT2D eigenvalue weighted by Crippen LogP contribution is -2.47. The van der Waals surface area contributed by atoms with Crippen LogP contribution in [0.1, 0.15) is 25.3 Å². The molecule has 0 amide bonds. The van der Waals surface area contributed by atoms with Crippen molar-refractivity contribution in [3.63, 3.8) is 0 Å². The number of ketones is 1. The Labute approximate surface area is 113 Å². The van der Waals surface area contributed by atoms with E-state index in [-0.39, 0.29) is 12.3 Å². The zero-order chi connectivity index (χ0) is 13.9. The van der Waals surface area contributed by atoms with Crippen molar-refractivity contribution >= 4 is 11.8 Å². The van der Waals surface area contributed by atoms with E-state index in [4.69, 9.17) is 5.11 Å². The third-order valence-electron chi connectivity index (χ3n) is 4.07. The molecule has 0 spiro atoms. The molecule has 2 rings (SSSR count). The third kappa shape index (κ3) is 2.84. The number of carboxylic acid groups (broad SMARTS) is 1. The standard InChI is InChI=1S/C15H19NO3/c1-12(17)15(13-5-3-2-4-6-13)7-9-16(10-8-15)11-14(18)19/h2-6H,7-11H2,1H3,(H,18,19). The number of aliphatic carboxylic acids is 1. The predicted octanol–water partition coefficient (Wildman–Crippen LogP) is 1.69. The van der Waals surface area contributed by atoms with Crippen LogP contribution in [-0.2, 0) is 15.0 Å². The van der Waals surface area contributed by atoms with Gasteiger partial charge in [-0.2, -0.15) is 0 Å². The molecule has 1 aliphatic heterocycles. The van der Waals surface area contributed by atoms with Gasteiger partial charge in [-0.25, -0.2) is 0 Å². The molecule has 1 heterocycles. The number of hydrogen-bond acceptors (Lipinski definition) is 3. The minimum Gasteiger partial charge on any atom is -0.480 e. The van der Waals surface area contributed by atoms with Gasteiger partial charge >= 0.3 is 5.97 Å². The number of rotatable bonds is 4. The largest absolute Gasteiger partial charge is 0.480 e. The summed E-state index contributed by atoms with van der Waals surface area (Å²) in [4.78, 5) is 24.7. The molecule has 1 aromatic rings. The van der Waals surface area contributed by atoms with Gasteiger partial charge in [0, 0.05) is 13.1 Å². The molecule has 1 N–H and O–H groups in total. The quantitative estimate of drug-likeness (QED) is 0.896. The molecule has 0 atom stereocenters. The first-order chi connectivity index (χ1) is 9.04. The van der Waals surface area contributed by atoms with Crippen molar-refractivity contribution in [2.45, 2.75) is 25.2 Å². The Bertz CT molecular complexity index is 462. The minimum atomic E-state index is -0.810. The average molecular weight is 261 g/mol. The summed E-state index contributed by atoms with van der Waals surface area (Å²) < 4.78 is 0. The monoisotopic (exact) mass is 261 g/mol. The molecule has 4 heteroatoms. The van der Waals surface area contributed by atoms with Gasteiger partial charge in [0.05, 0.1) is 12.0 Å². The molecule has 19 heavy (non-hydrogen) atoms. The summed E-state index contributed by atoms with van der Waals surface area (Å²) in [6, 6.07) is 9.83. The predicted molar refractivity (Wildman–Crippen MR) is 72.1 cm³/mol. The van der Waals surface area contributed by atoms with Crippen molar-refractivity contribution < 1.29 is 14.7 Å². The fraction of sp³-hybridized carbons (Fsp3) is 0.467. The maximum absolute atomic E-state index is 12.1. The first-order valence-corrected chi connectivity index (χ1v) is 6.55. The molecule has 102 valence electrons. The molecule has 1 fully saturated rings. The van der Waals surface area contributed by atoms with Gasteiger partial charge in [-0.1, -0.05) is 30.3 Å². The number of benzene rings is 1. The summed E-state index contributed by atoms with van der Waals surface area (Å²) in [5.41, 5.74) is 0.619. The van der Waals surface area contributed by atoms with E-state index in [1.165, 1.54) is 0 Å². The van der Waals surface area contributed by atoms with Crippen LogP contribution >= 0.6 is 0 Å². The average Bonchev–Trinajstić information content (AvgIpc) is 2.40. The highest BCUT2D eigenvalue weighted by Gasteiger charge is 2.40. The van der Waals surface area contributed by atoms with Gasteiger partial charge in [0.1, 0.15) is 5.78 Å². The van der Waals surface area contributed by atoms with E-state index >= 15 is 0 Å². The van der Waals surface area contributed by atoms with E-state index in [1.807, 2.05) is 35.2 Å². The van der Waals surface area contributed by atoms with Crippen LogP contribution in [0.3, 0.4) is 0 Å². The fourth-order valence-electron chi connectivity index (χ4n) is 2.89. The number of Topliss-reactive ketones (excluding diaryl/α,β-unsaturated/α-hetero) is 1. The molecule has 0 saturated carbocycles. The second kappa shape index (κ2) is 5.53. The number of piperidine rings is 1. The van der Waals surface area contributed by atoms with Crippen LogP contribution in [0.25, 0.3) is 0 Å². The van der Waals surface area contributed by atoms with E-state index in [0.29, 0.717) is 25.9 Å². The molecule has 4 nitrogen and oxygen atoms in total. The van der Waals surface area contributed by atoms with Gasteiger partial charge in [0.25, 0.3) is 0 Å². The Balaban J connectivity index is 2.17. The van der Waals surface area contributed by atoms with Crippen LogP contribution < -0.4 is 0 Å². The number of carboxylic acids is 1. The fourth-order valence-corrected chi connectivity index (χ4v) is 2.89. The molecule has 0 unspecified atom stereocenters. The first kappa shape index (κ1) is 13.7. The van der Waals surface area contributed by atoms with Crippen LogP contribution in [-0.4, -0.2) is 41.4 Å². The van der Waals surface area contributed by atoms with Gasteiger partial charge < -0.3 is 5.11 Å². The van der Waals surface area contributed by atoms with E-state index < -0.39 is 11.4 Å². The molecular formula is C15H19NO3. The number of likely N-dealkylation sites (tertiary alicyclic amines) is 1. The zero-order valence-corrected chi connectivity index (χ0v) is 11.1. The summed E-state index contributed by atoms with van der Waals surface area (Å²) in [7, 11) is 0. The lowest BCUT2D eigenvalue weighted by molar-refractivity contribution is -0.138. The molecule has 0 bridgehead atoms. The molecule has 1 aromatic carbocycles. The van der Waals surface area contributed by atoms with Crippen molar-refractivity contribution in [2.24, 2.45) is 0 Å². The SMILES string of the molecule is CC(=O)C1(c2ccccc2)CCN(CC(=O)O)CC1. The van der Waals surface area contributed by atoms with Crippen LogP contribution in [0.15, 0.2) is 30.3 Å². The number of nitrogens with zero attached hydrogens (tertiary/aromatic N) is 1.